The van der Waals surface area contributed by atoms with Crippen LogP contribution in [0, 0.1) is 0 Å². The van der Waals surface area contributed by atoms with E-state index in [2.05, 4.69) is 0 Å². The van der Waals surface area contributed by atoms with Gasteiger partial charge in [0, 0.05) is 18.4 Å². The predicted molar refractivity (Wildman–Crippen MR) is 70.0 cm³/mol. The number of carbonyl (C=O) groups is 2. The molecular weight excluding hydrogens is 291 g/mol. The molecule has 7 heteroatoms. The fraction of sp³-hybridized carbons (Fsp3) is 0.231. The summed E-state index contributed by atoms with van der Waals surface area (Å²) in [5.74, 6) is -0.0886. The number of nitrogens with zero attached hydrogens (tertiary/aromatic N) is 1. The molecule has 0 unspecified atom stereocenters. The van der Waals surface area contributed by atoms with Crippen LogP contribution in [-0.2, 0) is 11.0 Å². The SMILES string of the molecule is O=C(/C=C/c1ccccc1C(F)(F)F)N1CCSC1=O. The van der Waals surface area contributed by atoms with Crippen molar-refractivity contribution in [2.75, 3.05) is 12.3 Å². The molecule has 0 N–H and O–H groups in total. The molecule has 1 aromatic carbocycles. The number of thioether (sulfide) groups is 1. The van der Waals surface area contributed by atoms with Gasteiger partial charge in [0.1, 0.15) is 0 Å². The second-order valence-corrected chi connectivity index (χ2v) is 5.07. The topological polar surface area (TPSA) is 37.4 Å². The van der Waals surface area contributed by atoms with Gasteiger partial charge in [0.2, 0.25) is 0 Å². The number of halogens is 3. The summed E-state index contributed by atoms with van der Waals surface area (Å²) in [4.78, 5) is 24.0. The molecule has 1 heterocycles. The van der Waals surface area contributed by atoms with Crippen molar-refractivity contribution in [2.24, 2.45) is 0 Å². The third-order valence-electron chi connectivity index (χ3n) is 2.70. The van der Waals surface area contributed by atoms with E-state index in [1.807, 2.05) is 0 Å². The maximum atomic E-state index is 12.7. The highest BCUT2D eigenvalue weighted by Crippen LogP contribution is 2.32. The zero-order valence-corrected chi connectivity index (χ0v) is 11.0. The van der Waals surface area contributed by atoms with Crippen molar-refractivity contribution in [1.82, 2.24) is 4.90 Å². The minimum atomic E-state index is -4.48. The lowest BCUT2D eigenvalue weighted by molar-refractivity contribution is -0.137. The van der Waals surface area contributed by atoms with Crippen LogP contribution in [0.25, 0.3) is 6.08 Å². The zero-order chi connectivity index (χ0) is 14.8. The second-order valence-electron chi connectivity index (χ2n) is 4.02. The van der Waals surface area contributed by atoms with Crippen LogP contribution in [0.4, 0.5) is 18.0 Å². The highest BCUT2D eigenvalue weighted by atomic mass is 32.2. The van der Waals surface area contributed by atoms with Crippen molar-refractivity contribution in [3.8, 4) is 0 Å². The fourth-order valence-electron chi connectivity index (χ4n) is 1.75. The Labute approximate surface area is 117 Å². The molecule has 0 radical (unpaired) electrons. The first-order valence-electron chi connectivity index (χ1n) is 5.72. The maximum absolute atomic E-state index is 12.7. The number of carbonyl (C=O) groups excluding carboxylic acids is 2. The maximum Gasteiger partial charge on any atom is 0.416 e. The Kier molecular flexibility index (Phi) is 4.17. The van der Waals surface area contributed by atoms with Gasteiger partial charge in [-0.3, -0.25) is 14.5 Å². The van der Waals surface area contributed by atoms with Gasteiger partial charge in [-0.15, -0.1) is 0 Å². The summed E-state index contributed by atoms with van der Waals surface area (Å²) >= 11 is 1.02. The number of amides is 2. The molecule has 1 aliphatic heterocycles. The van der Waals surface area contributed by atoms with Crippen molar-refractivity contribution in [3.63, 3.8) is 0 Å². The van der Waals surface area contributed by atoms with Crippen molar-refractivity contribution < 1.29 is 22.8 Å². The standard InChI is InChI=1S/C13H10F3NO2S/c14-13(15,16)10-4-2-1-3-9(10)5-6-11(18)17-7-8-20-12(17)19/h1-6H,7-8H2/b6-5+. The van der Waals surface area contributed by atoms with Gasteiger partial charge in [-0.25, -0.2) is 0 Å². The summed E-state index contributed by atoms with van der Waals surface area (Å²) in [5.41, 5.74) is -0.918. The van der Waals surface area contributed by atoms with Crippen molar-refractivity contribution >= 4 is 29.0 Å². The monoisotopic (exact) mass is 301 g/mol. The Bertz CT molecular complexity index is 569. The van der Waals surface area contributed by atoms with Crippen LogP contribution in [0.3, 0.4) is 0 Å². The summed E-state index contributed by atoms with van der Waals surface area (Å²) in [6, 6.07) is 4.95. The van der Waals surface area contributed by atoms with Crippen molar-refractivity contribution in [3.05, 3.63) is 41.5 Å². The molecule has 1 fully saturated rings. The van der Waals surface area contributed by atoms with E-state index >= 15 is 0 Å². The Hall–Kier alpha value is -1.76. The van der Waals surface area contributed by atoms with Crippen LogP contribution >= 0.6 is 11.8 Å². The number of rotatable bonds is 2. The van der Waals surface area contributed by atoms with E-state index in [0.717, 1.165) is 34.9 Å². The fourth-order valence-corrected chi connectivity index (χ4v) is 2.53. The summed E-state index contributed by atoms with van der Waals surface area (Å²) < 4.78 is 38.2. The predicted octanol–water partition coefficient (Wildman–Crippen LogP) is 3.41. The van der Waals surface area contributed by atoms with Gasteiger partial charge in [-0.2, -0.15) is 13.2 Å². The first kappa shape index (κ1) is 14.6. The molecule has 20 heavy (non-hydrogen) atoms. The van der Waals surface area contributed by atoms with Crippen molar-refractivity contribution in [1.29, 1.82) is 0 Å². The number of hydrogen-bond acceptors (Lipinski definition) is 3. The lowest BCUT2D eigenvalue weighted by Gasteiger charge is -2.11. The molecule has 1 saturated heterocycles. The number of benzene rings is 1. The largest absolute Gasteiger partial charge is 0.416 e. The summed E-state index contributed by atoms with van der Waals surface area (Å²) in [7, 11) is 0. The van der Waals surface area contributed by atoms with E-state index in [4.69, 9.17) is 0 Å². The number of hydrogen-bond donors (Lipinski definition) is 0. The van der Waals surface area contributed by atoms with Crippen LogP contribution in [0.5, 0.6) is 0 Å². The average molecular weight is 301 g/mol. The highest BCUT2D eigenvalue weighted by molar-refractivity contribution is 8.13. The molecule has 3 nitrogen and oxygen atoms in total. The van der Waals surface area contributed by atoms with Gasteiger partial charge in [-0.1, -0.05) is 30.0 Å². The van der Waals surface area contributed by atoms with Crippen LogP contribution < -0.4 is 0 Å². The molecule has 2 amide bonds. The molecular formula is C13H10F3NO2S. The Morgan fingerprint density at radius 1 is 1.30 bits per heavy atom. The summed E-state index contributed by atoms with van der Waals surface area (Å²) in [5, 5.41) is -0.372. The molecule has 1 aliphatic rings. The van der Waals surface area contributed by atoms with Gasteiger partial charge < -0.3 is 0 Å². The molecule has 0 aromatic heterocycles. The Morgan fingerprint density at radius 3 is 2.60 bits per heavy atom. The van der Waals surface area contributed by atoms with E-state index in [1.165, 1.54) is 18.2 Å². The first-order chi connectivity index (χ1) is 9.39. The van der Waals surface area contributed by atoms with Gasteiger partial charge in [0.15, 0.2) is 0 Å². The molecule has 0 aliphatic carbocycles. The first-order valence-corrected chi connectivity index (χ1v) is 6.71. The van der Waals surface area contributed by atoms with E-state index < -0.39 is 17.6 Å². The molecule has 0 atom stereocenters. The van der Waals surface area contributed by atoms with E-state index in [1.54, 1.807) is 0 Å². The zero-order valence-electron chi connectivity index (χ0n) is 10.2. The Morgan fingerprint density at radius 2 is 2.00 bits per heavy atom. The smallest absolute Gasteiger partial charge is 0.269 e. The number of alkyl halides is 3. The van der Waals surface area contributed by atoms with Crippen molar-refractivity contribution in [2.45, 2.75) is 6.18 Å². The third-order valence-corrected chi connectivity index (χ3v) is 3.55. The number of imide groups is 1. The van der Waals surface area contributed by atoms with E-state index in [-0.39, 0.29) is 17.3 Å². The van der Waals surface area contributed by atoms with Crippen LogP contribution in [0.2, 0.25) is 0 Å². The summed E-state index contributed by atoms with van der Waals surface area (Å²) in [6.07, 6.45) is -2.40. The van der Waals surface area contributed by atoms with Gasteiger partial charge in [-0.05, 0) is 17.7 Å². The highest BCUT2D eigenvalue weighted by Gasteiger charge is 2.32. The molecule has 0 saturated carbocycles. The molecule has 1 aromatic rings. The average Bonchev–Trinajstić information content (AvgIpc) is 2.81. The van der Waals surface area contributed by atoms with Gasteiger partial charge in [0.25, 0.3) is 11.1 Å². The third kappa shape index (κ3) is 3.22. The van der Waals surface area contributed by atoms with Gasteiger partial charge in [0.05, 0.1) is 5.56 Å². The minimum absolute atomic E-state index is 0.104. The lowest BCUT2D eigenvalue weighted by Crippen LogP contribution is -2.28. The van der Waals surface area contributed by atoms with E-state index in [9.17, 15) is 22.8 Å². The minimum Gasteiger partial charge on any atom is -0.269 e. The Balaban J connectivity index is 2.20. The van der Waals surface area contributed by atoms with Crippen LogP contribution in [-0.4, -0.2) is 28.3 Å². The molecule has 106 valence electrons. The quantitative estimate of drug-likeness (QED) is 0.786. The molecule has 2 rings (SSSR count). The second kappa shape index (κ2) is 5.70. The summed E-state index contributed by atoms with van der Waals surface area (Å²) in [6.45, 7) is 0.285. The lowest BCUT2D eigenvalue weighted by atomic mass is 10.1. The van der Waals surface area contributed by atoms with Crippen LogP contribution in [0.15, 0.2) is 30.3 Å². The molecule has 0 bridgehead atoms. The molecule has 0 spiro atoms. The normalized spacial score (nSPS) is 16.1. The van der Waals surface area contributed by atoms with E-state index in [0.29, 0.717) is 5.75 Å². The van der Waals surface area contributed by atoms with Crippen LogP contribution in [0.1, 0.15) is 11.1 Å². The van der Waals surface area contributed by atoms with Gasteiger partial charge >= 0.3 is 6.18 Å².